The van der Waals surface area contributed by atoms with Gasteiger partial charge in [0, 0.05) is 15.6 Å². The number of nitrogens with one attached hydrogen (secondary N) is 1. The first-order valence-electron chi connectivity index (χ1n) is 4.59. The predicted molar refractivity (Wildman–Crippen MR) is 59.4 cm³/mol. The van der Waals surface area contributed by atoms with Gasteiger partial charge in [0.2, 0.25) is 0 Å². The zero-order valence-corrected chi connectivity index (χ0v) is 9.81. The van der Waals surface area contributed by atoms with Crippen molar-refractivity contribution in [3.05, 3.63) is 33.8 Å². The van der Waals surface area contributed by atoms with Crippen molar-refractivity contribution in [3.63, 3.8) is 0 Å². The summed E-state index contributed by atoms with van der Waals surface area (Å²) in [5, 5.41) is 2.98. The molecule has 0 radical (unpaired) electrons. The fourth-order valence-electron chi connectivity index (χ4n) is 1.81. The number of benzene rings is 1. The molecule has 2 rings (SSSR count). The maximum Gasteiger partial charge on any atom is 0.252 e. The van der Waals surface area contributed by atoms with Gasteiger partial charge in [-0.05, 0) is 38.0 Å². The number of carbonyl (C=O) groups excluding carboxylic acids is 1. The summed E-state index contributed by atoms with van der Waals surface area (Å²) in [4.78, 5) is 11.7. The molecule has 1 N–H and O–H groups in total. The molecule has 74 valence electrons. The third-order valence-electron chi connectivity index (χ3n) is 2.40. The Kier molecular flexibility index (Phi) is 2.14. The second-order valence-electron chi connectivity index (χ2n) is 4.32. The maximum absolute atomic E-state index is 11.7. The van der Waals surface area contributed by atoms with E-state index in [1.807, 2.05) is 32.0 Å². The van der Waals surface area contributed by atoms with Crippen molar-refractivity contribution < 1.29 is 4.79 Å². The lowest BCUT2D eigenvalue weighted by atomic mass is 9.87. The van der Waals surface area contributed by atoms with E-state index in [1.54, 1.807) is 0 Å². The summed E-state index contributed by atoms with van der Waals surface area (Å²) in [5.74, 6) is 0.0255. The Labute approximate surface area is 91.8 Å². The molecule has 0 aliphatic carbocycles. The van der Waals surface area contributed by atoms with Gasteiger partial charge >= 0.3 is 0 Å². The molecule has 1 aromatic rings. The van der Waals surface area contributed by atoms with Crippen LogP contribution in [0.5, 0.6) is 0 Å². The lowest BCUT2D eigenvalue weighted by Gasteiger charge is -2.32. The lowest BCUT2D eigenvalue weighted by molar-refractivity contribution is 0.0897. The average molecular weight is 254 g/mol. The van der Waals surface area contributed by atoms with E-state index >= 15 is 0 Å². The van der Waals surface area contributed by atoms with Crippen molar-refractivity contribution in [1.82, 2.24) is 5.32 Å². The van der Waals surface area contributed by atoms with E-state index in [0.29, 0.717) is 0 Å². The highest BCUT2D eigenvalue weighted by molar-refractivity contribution is 9.10. The lowest BCUT2D eigenvalue weighted by Crippen LogP contribution is -2.49. The number of amides is 1. The van der Waals surface area contributed by atoms with Crippen molar-refractivity contribution in [3.8, 4) is 0 Å². The van der Waals surface area contributed by atoms with E-state index in [1.165, 1.54) is 0 Å². The van der Waals surface area contributed by atoms with Crippen LogP contribution in [0.25, 0.3) is 0 Å². The van der Waals surface area contributed by atoms with Crippen LogP contribution in [0.2, 0.25) is 0 Å². The molecule has 0 aromatic heterocycles. The van der Waals surface area contributed by atoms with Crippen LogP contribution in [0.3, 0.4) is 0 Å². The van der Waals surface area contributed by atoms with Crippen LogP contribution in [0.15, 0.2) is 22.7 Å². The largest absolute Gasteiger partial charge is 0.347 e. The van der Waals surface area contributed by atoms with Gasteiger partial charge in [-0.15, -0.1) is 0 Å². The minimum absolute atomic E-state index is 0.0255. The van der Waals surface area contributed by atoms with E-state index in [9.17, 15) is 4.79 Å². The highest BCUT2D eigenvalue weighted by Crippen LogP contribution is 2.25. The summed E-state index contributed by atoms with van der Waals surface area (Å²) in [6.45, 7) is 4.08. The molecule has 0 saturated carbocycles. The Bertz CT molecular complexity index is 398. The number of carbonyl (C=O) groups is 1. The summed E-state index contributed by atoms with van der Waals surface area (Å²) < 4.78 is 0.950. The first kappa shape index (κ1) is 9.71. The molecule has 0 bridgehead atoms. The molecule has 0 atom stereocenters. The Hall–Kier alpha value is -0.830. The third-order valence-corrected chi connectivity index (χ3v) is 2.89. The smallest absolute Gasteiger partial charge is 0.252 e. The van der Waals surface area contributed by atoms with Crippen molar-refractivity contribution in [2.24, 2.45) is 0 Å². The van der Waals surface area contributed by atoms with Crippen LogP contribution in [0, 0.1) is 0 Å². The second-order valence-corrected chi connectivity index (χ2v) is 5.23. The van der Waals surface area contributed by atoms with Crippen LogP contribution < -0.4 is 5.32 Å². The highest BCUT2D eigenvalue weighted by Gasteiger charge is 2.29. The number of halogens is 1. The van der Waals surface area contributed by atoms with Crippen LogP contribution >= 0.6 is 15.9 Å². The quantitative estimate of drug-likeness (QED) is 0.757. The van der Waals surface area contributed by atoms with E-state index in [4.69, 9.17) is 0 Å². The van der Waals surface area contributed by atoms with Crippen molar-refractivity contribution >= 4 is 21.8 Å². The van der Waals surface area contributed by atoms with Gasteiger partial charge in [0.1, 0.15) is 0 Å². The van der Waals surface area contributed by atoms with E-state index in [0.717, 1.165) is 22.0 Å². The van der Waals surface area contributed by atoms with Crippen molar-refractivity contribution in [2.75, 3.05) is 0 Å². The van der Waals surface area contributed by atoms with Crippen LogP contribution in [-0.2, 0) is 6.42 Å². The van der Waals surface area contributed by atoms with E-state index in [-0.39, 0.29) is 11.4 Å². The molecule has 1 aliphatic heterocycles. The summed E-state index contributed by atoms with van der Waals surface area (Å²) in [6.07, 6.45) is 0.890. The standard InChI is InChI=1S/C11H12BrNO/c1-11(2)6-7-3-4-8(12)5-9(7)10(14)13-11/h3-5H,6H2,1-2H3,(H,13,14). The predicted octanol–water partition coefficient (Wildman–Crippen LogP) is 2.51. The normalized spacial score (nSPS) is 18.6. The van der Waals surface area contributed by atoms with E-state index in [2.05, 4.69) is 21.2 Å². The van der Waals surface area contributed by atoms with Gasteiger partial charge in [0.25, 0.3) is 5.91 Å². The average Bonchev–Trinajstić information content (AvgIpc) is 2.05. The zero-order valence-electron chi connectivity index (χ0n) is 8.23. The maximum atomic E-state index is 11.7. The number of rotatable bonds is 0. The van der Waals surface area contributed by atoms with Gasteiger partial charge in [0.15, 0.2) is 0 Å². The van der Waals surface area contributed by atoms with Crippen LogP contribution in [-0.4, -0.2) is 11.4 Å². The first-order valence-corrected chi connectivity index (χ1v) is 5.38. The Balaban J connectivity index is 2.50. The molecule has 3 heteroatoms. The van der Waals surface area contributed by atoms with Crippen LogP contribution in [0.1, 0.15) is 29.8 Å². The molecule has 0 unspecified atom stereocenters. The molecular formula is C11H12BrNO. The molecule has 1 aliphatic rings. The highest BCUT2D eigenvalue weighted by atomic mass is 79.9. The molecule has 1 aromatic carbocycles. The van der Waals surface area contributed by atoms with Crippen LogP contribution in [0.4, 0.5) is 0 Å². The van der Waals surface area contributed by atoms with Gasteiger partial charge in [-0.1, -0.05) is 22.0 Å². The number of hydrogen-bond acceptors (Lipinski definition) is 1. The Morgan fingerprint density at radius 1 is 1.43 bits per heavy atom. The summed E-state index contributed by atoms with van der Waals surface area (Å²) >= 11 is 3.37. The molecule has 1 amide bonds. The summed E-state index contributed by atoms with van der Waals surface area (Å²) in [7, 11) is 0. The molecule has 0 saturated heterocycles. The second kappa shape index (κ2) is 3.09. The molecular weight excluding hydrogens is 242 g/mol. The SMILES string of the molecule is CC1(C)Cc2ccc(Br)cc2C(=O)N1. The number of hydrogen-bond donors (Lipinski definition) is 1. The first-order chi connectivity index (χ1) is 6.48. The van der Waals surface area contributed by atoms with Gasteiger partial charge in [-0.3, -0.25) is 4.79 Å². The monoisotopic (exact) mass is 253 g/mol. The fraction of sp³-hybridized carbons (Fsp3) is 0.364. The molecule has 0 fully saturated rings. The van der Waals surface area contributed by atoms with Gasteiger partial charge in [-0.25, -0.2) is 0 Å². The molecule has 14 heavy (non-hydrogen) atoms. The minimum Gasteiger partial charge on any atom is -0.347 e. The van der Waals surface area contributed by atoms with E-state index < -0.39 is 0 Å². The zero-order chi connectivity index (χ0) is 10.3. The van der Waals surface area contributed by atoms with Crippen molar-refractivity contribution in [2.45, 2.75) is 25.8 Å². The van der Waals surface area contributed by atoms with Gasteiger partial charge < -0.3 is 5.32 Å². The Morgan fingerprint density at radius 2 is 2.14 bits per heavy atom. The minimum atomic E-state index is -0.127. The van der Waals surface area contributed by atoms with Crippen molar-refractivity contribution in [1.29, 1.82) is 0 Å². The molecule has 0 spiro atoms. The summed E-state index contributed by atoms with van der Waals surface area (Å²) in [6, 6.07) is 5.87. The molecule has 2 nitrogen and oxygen atoms in total. The summed E-state index contributed by atoms with van der Waals surface area (Å²) in [5.41, 5.74) is 1.79. The fourth-order valence-corrected chi connectivity index (χ4v) is 2.17. The van der Waals surface area contributed by atoms with Gasteiger partial charge in [-0.2, -0.15) is 0 Å². The topological polar surface area (TPSA) is 29.1 Å². The van der Waals surface area contributed by atoms with Gasteiger partial charge in [0.05, 0.1) is 0 Å². The Morgan fingerprint density at radius 3 is 2.86 bits per heavy atom. The molecule has 1 heterocycles. The third kappa shape index (κ3) is 1.69. The number of fused-ring (bicyclic) bond motifs is 1.